The van der Waals surface area contributed by atoms with Gasteiger partial charge in [-0.1, -0.05) is 27.2 Å². The molecule has 0 aromatic rings. The van der Waals surface area contributed by atoms with Gasteiger partial charge >= 0.3 is 0 Å². The maximum absolute atomic E-state index is 2.52. The minimum absolute atomic E-state index is 0.590. The summed E-state index contributed by atoms with van der Waals surface area (Å²) in [7, 11) is 2.27. The van der Waals surface area contributed by atoms with Crippen LogP contribution in [0.3, 0.4) is 0 Å². The van der Waals surface area contributed by atoms with E-state index in [1.807, 2.05) is 0 Å². The van der Waals surface area contributed by atoms with Crippen LogP contribution in [0.15, 0.2) is 0 Å². The molecule has 1 saturated heterocycles. The van der Waals surface area contributed by atoms with Gasteiger partial charge in [-0.25, -0.2) is 0 Å². The van der Waals surface area contributed by atoms with Crippen molar-refractivity contribution in [1.29, 1.82) is 0 Å². The topological polar surface area (TPSA) is 3.24 Å². The predicted octanol–water partition coefficient (Wildman–Crippen LogP) is 3.15. The standard InChI is InChI=1S/C12H25N/c1-5-7-11-8-12(3,6-2)10-13(4)9-11/h11H,5-10H2,1-4H3. The van der Waals surface area contributed by atoms with Crippen LogP contribution in [-0.2, 0) is 0 Å². The summed E-state index contributed by atoms with van der Waals surface area (Å²) in [5.74, 6) is 0.952. The molecule has 0 saturated carbocycles. The second-order valence-electron chi connectivity index (χ2n) is 5.22. The molecule has 78 valence electrons. The summed E-state index contributed by atoms with van der Waals surface area (Å²) in [6.07, 6.45) is 5.54. The van der Waals surface area contributed by atoms with Gasteiger partial charge in [0.2, 0.25) is 0 Å². The Balaban J connectivity index is 2.52. The predicted molar refractivity (Wildman–Crippen MR) is 58.9 cm³/mol. The van der Waals surface area contributed by atoms with Crippen LogP contribution >= 0.6 is 0 Å². The summed E-state index contributed by atoms with van der Waals surface area (Å²) in [6.45, 7) is 9.71. The quantitative estimate of drug-likeness (QED) is 0.649. The highest BCUT2D eigenvalue weighted by Crippen LogP contribution is 2.36. The number of piperidine rings is 1. The molecular formula is C12H25N. The highest BCUT2D eigenvalue weighted by atomic mass is 15.1. The van der Waals surface area contributed by atoms with E-state index in [2.05, 4.69) is 32.7 Å². The monoisotopic (exact) mass is 183 g/mol. The van der Waals surface area contributed by atoms with Gasteiger partial charge in [0.15, 0.2) is 0 Å². The molecule has 13 heavy (non-hydrogen) atoms. The van der Waals surface area contributed by atoms with Crippen LogP contribution in [-0.4, -0.2) is 25.0 Å². The molecule has 1 aliphatic heterocycles. The summed E-state index contributed by atoms with van der Waals surface area (Å²) < 4.78 is 0. The fourth-order valence-electron chi connectivity index (χ4n) is 2.84. The van der Waals surface area contributed by atoms with Crippen molar-refractivity contribution in [1.82, 2.24) is 4.90 Å². The van der Waals surface area contributed by atoms with Gasteiger partial charge in [0.05, 0.1) is 0 Å². The van der Waals surface area contributed by atoms with E-state index in [4.69, 9.17) is 0 Å². The minimum Gasteiger partial charge on any atom is -0.306 e. The molecule has 1 nitrogen and oxygen atoms in total. The summed E-state index contributed by atoms with van der Waals surface area (Å²) in [5.41, 5.74) is 0.590. The van der Waals surface area contributed by atoms with E-state index in [9.17, 15) is 0 Å². The van der Waals surface area contributed by atoms with E-state index in [1.165, 1.54) is 38.8 Å². The lowest BCUT2D eigenvalue weighted by atomic mass is 9.74. The van der Waals surface area contributed by atoms with Crippen LogP contribution in [0.4, 0.5) is 0 Å². The maximum Gasteiger partial charge on any atom is 0.00324 e. The molecule has 1 heterocycles. The Morgan fingerprint density at radius 3 is 2.62 bits per heavy atom. The third kappa shape index (κ3) is 2.98. The molecule has 1 aliphatic rings. The van der Waals surface area contributed by atoms with Gasteiger partial charge in [-0.05, 0) is 37.6 Å². The molecule has 1 fully saturated rings. The fraction of sp³-hybridized carbons (Fsp3) is 1.00. The third-order valence-electron chi connectivity index (χ3n) is 3.55. The van der Waals surface area contributed by atoms with E-state index in [0.29, 0.717) is 5.41 Å². The highest BCUT2D eigenvalue weighted by molar-refractivity contribution is 4.85. The maximum atomic E-state index is 2.52. The van der Waals surface area contributed by atoms with Crippen molar-refractivity contribution in [2.75, 3.05) is 20.1 Å². The van der Waals surface area contributed by atoms with Crippen molar-refractivity contribution in [2.45, 2.75) is 46.5 Å². The molecule has 0 N–H and O–H groups in total. The number of nitrogens with zero attached hydrogens (tertiary/aromatic N) is 1. The van der Waals surface area contributed by atoms with Crippen molar-refractivity contribution in [3.8, 4) is 0 Å². The molecule has 0 aromatic carbocycles. The van der Waals surface area contributed by atoms with E-state index in [-0.39, 0.29) is 0 Å². The van der Waals surface area contributed by atoms with E-state index in [0.717, 1.165) is 5.92 Å². The number of rotatable bonds is 3. The Labute approximate surface area is 83.5 Å². The lowest BCUT2D eigenvalue weighted by molar-refractivity contribution is 0.0717. The molecule has 0 radical (unpaired) electrons. The molecule has 0 amide bonds. The van der Waals surface area contributed by atoms with Gasteiger partial charge in [-0.3, -0.25) is 0 Å². The number of hydrogen-bond donors (Lipinski definition) is 0. The highest BCUT2D eigenvalue weighted by Gasteiger charge is 2.32. The Morgan fingerprint density at radius 2 is 2.08 bits per heavy atom. The van der Waals surface area contributed by atoms with Crippen molar-refractivity contribution in [3.05, 3.63) is 0 Å². The molecule has 0 aliphatic carbocycles. The Hall–Kier alpha value is -0.0400. The van der Waals surface area contributed by atoms with Gasteiger partial charge in [-0.15, -0.1) is 0 Å². The average molecular weight is 183 g/mol. The zero-order valence-corrected chi connectivity index (χ0v) is 9.77. The van der Waals surface area contributed by atoms with Crippen LogP contribution in [0.25, 0.3) is 0 Å². The second kappa shape index (κ2) is 4.45. The van der Waals surface area contributed by atoms with E-state index >= 15 is 0 Å². The van der Waals surface area contributed by atoms with Crippen molar-refractivity contribution in [3.63, 3.8) is 0 Å². The normalized spacial score (nSPS) is 36.5. The molecule has 1 heteroatoms. The first-order valence-corrected chi connectivity index (χ1v) is 5.78. The van der Waals surface area contributed by atoms with Gasteiger partial charge in [0.1, 0.15) is 0 Å². The molecule has 1 rings (SSSR count). The van der Waals surface area contributed by atoms with E-state index < -0.39 is 0 Å². The first-order chi connectivity index (χ1) is 6.09. The lowest BCUT2D eigenvalue weighted by Gasteiger charge is -2.42. The molecule has 2 atom stereocenters. The first kappa shape index (κ1) is 11.0. The van der Waals surface area contributed by atoms with Crippen LogP contribution in [0.5, 0.6) is 0 Å². The van der Waals surface area contributed by atoms with Gasteiger partial charge < -0.3 is 4.90 Å². The summed E-state index contributed by atoms with van der Waals surface area (Å²) in [5, 5.41) is 0. The Kier molecular flexibility index (Phi) is 3.78. The largest absolute Gasteiger partial charge is 0.306 e. The molecule has 0 spiro atoms. The third-order valence-corrected chi connectivity index (χ3v) is 3.55. The van der Waals surface area contributed by atoms with Crippen LogP contribution in [0.2, 0.25) is 0 Å². The summed E-state index contributed by atoms with van der Waals surface area (Å²) >= 11 is 0. The van der Waals surface area contributed by atoms with Crippen LogP contribution in [0, 0.1) is 11.3 Å². The molecule has 0 bridgehead atoms. The molecule has 2 unspecified atom stereocenters. The average Bonchev–Trinajstić information content (AvgIpc) is 2.03. The number of likely N-dealkylation sites (tertiary alicyclic amines) is 1. The van der Waals surface area contributed by atoms with Gasteiger partial charge in [0, 0.05) is 13.1 Å². The molecular weight excluding hydrogens is 158 g/mol. The summed E-state index contributed by atoms with van der Waals surface area (Å²) in [4.78, 5) is 2.52. The van der Waals surface area contributed by atoms with Crippen molar-refractivity contribution >= 4 is 0 Å². The lowest BCUT2D eigenvalue weighted by Crippen LogP contribution is -2.43. The van der Waals surface area contributed by atoms with Crippen molar-refractivity contribution in [2.24, 2.45) is 11.3 Å². The molecule has 0 aromatic heterocycles. The fourth-order valence-corrected chi connectivity index (χ4v) is 2.84. The summed E-state index contributed by atoms with van der Waals surface area (Å²) in [6, 6.07) is 0. The SMILES string of the molecule is CCCC1CN(C)CC(C)(CC)C1. The zero-order chi connectivity index (χ0) is 9.90. The van der Waals surface area contributed by atoms with Crippen molar-refractivity contribution < 1.29 is 0 Å². The van der Waals surface area contributed by atoms with Crippen LogP contribution in [0.1, 0.15) is 46.5 Å². The zero-order valence-electron chi connectivity index (χ0n) is 9.77. The van der Waals surface area contributed by atoms with E-state index in [1.54, 1.807) is 0 Å². The van der Waals surface area contributed by atoms with Gasteiger partial charge in [0.25, 0.3) is 0 Å². The van der Waals surface area contributed by atoms with Crippen LogP contribution < -0.4 is 0 Å². The minimum atomic E-state index is 0.590. The number of hydrogen-bond acceptors (Lipinski definition) is 1. The Bertz CT molecular complexity index is 155. The Morgan fingerprint density at radius 1 is 1.38 bits per heavy atom. The second-order valence-corrected chi connectivity index (χ2v) is 5.22. The van der Waals surface area contributed by atoms with Gasteiger partial charge in [-0.2, -0.15) is 0 Å². The first-order valence-electron chi connectivity index (χ1n) is 5.78. The smallest absolute Gasteiger partial charge is 0.00324 e.